The molecule has 0 radical (unpaired) electrons. The first-order valence-electron chi connectivity index (χ1n) is 9.98. The van der Waals surface area contributed by atoms with Crippen LogP contribution in [0, 0.1) is 0 Å². The molecule has 0 aliphatic rings. The summed E-state index contributed by atoms with van der Waals surface area (Å²) in [5.74, 6) is 1.39. The number of hydrogen-bond acceptors (Lipinski definition) is 2. The molecule has 142 valence electrons. The zero-order valence-electron chi connectivity index (χ0n) is 17.6. The molecule has 0 aromatic heterocycles. The highest BCUT2D eigenvalue weighted by atomic mass is 14.6. The van der Waals surface area contributed by atoms with Crippen LogP contribution < -0.4 is 11.5 Å². The number of anilines is 2. The van der Waals surface area contributed by atoms with Gasteiger partial charge in [-0.3, -0.25) is 0 Å². The van der Waals surface area contributed by atoms with Gasteiger partial charge in [-0.15, -0.1) is 0 Å². The minimum Gasteiger partial charge on any atom is -0.398 e. The van der Waals surface area contributed by atoms with E-state index in [1.165, 1.54) is 33.4 Å². The standard InChI is InChI=1S/C24H36N2/c1-8-17-9-18(14(2)3)10-20(23(17)25)12-21-11-19(15(4)5)13-22(16(6)7)24(21)26/h9-11,13-16H,8,12,25-26H2,1-7H3. The summed E-state index contributed by atoms with van der Waals surface area (Å²) >= 11 is 0. The fourth-order valence-electron chi connectivity index (χ4n) is 3.50. The Labute approximate surface area is 160 Å². The second-order valence-electron chi connectivity index (χ2n) is 8.43. The van der Waals surface area contributed by atoms with E-state index in [0.29, 0.717) is 17.8 Å². The Balaban J connectivity index is 2.59. The van der Waals surface area contributed by atoms with E-state index in [-0.39, 0.29) is 0 Å². The average Bonchev–Trinajstić information content (AvgIpc) is 2.57. The number of nitrogen functional groups attached to an aromatic ring is 2. The highest BCUT2D eigenvalue weighted by molar-refractivity contribution is 5.63. The predicted molar refractivity (Wildman–Crippen MR) is 116 cm³/mol. The number of rotatable bonds is 6. The highest BCUT2D eigenvalue weighted by Gasteiger charge is 2.16. The van der Waals surface area contributed by atoms with E-state index in [9.17, 15) is 0 Å². The predicted octanol–water partition coefficient (Wildman–Crippen LogP) is 6.37. The van der Waals surface area contributed by atoms with Gasteiger partial charge in [0.1, 0.15) is 0 Å². The van der Waals surface area contributed by atoms with E-state index in [1.807, 2.05) is 0 Å². The minimum atomic E-state index is 0.415. The van der Waals surface area contributed by atoms with Gasteiger partial charge in [0.25, 0.3) is 0 Å². The van der Waals surface area contributed by atoms with Crippen LogP contribution in [0.3, 0.4) is 0 Å². The first-order chi connectivity index (χ1) is 12.1. The number of hydrogen-bond donors (Lipinski definition) is 2. The molecule has 2 rings (SSSR count). The van der Waals surface area contributed by atoms with Crippen LogP contribution in [0.4, 0.5) is 11.4 Å². The lowest BCUT2D eigenvalue weighted by Crippen LogP contribution is -2.08. The lowest BCUT2D eigenvalue weighted by molar-refractivity contribution is 0.831. The monoisotopic (exact) mass is 352 g/mol. The quantitative estimate of drug-likeness (QED) is 0.593. The van der Waals surface area contributed by atoms with Crippen molar-refractivity contribution in [2.24, 2.45) is 0 Å². The Kier molecular flexibility index (Phi) is 6.39. The van der Waals surface area contributed by atoms with Crippen LogP contribution in [0.5, 0.6) is 0 Å². The summed E-state index contributed by atoms with van der Waals surface area (Å²) in [6.07, 6.45) is 1.75. The Morgan fingerprint density at radius 2 is 1.12 bits per heavy atom. The second-order valence-corrected chi connectivity index (χ2v) is 8.43. The summed E-state index contributed by atoms with van der Waals surface area (Å²) in [7, 11) is 0. The van der Waals surface area contributed by atoms with E-state index >= 15 is 0 Å². The molecular weight excluding hydrogens is 316 g/mol. The molecule has 2 aromatic rings. The summed E-state index contributed by atoms with van der Waals surface area (Å²) in [5.41, 5.74) is 22.6. The van der Waals surface area contributed by atoms with Crippen molar-refractivity contribution in [3.63, 3.8) is 0 Å². The molecule has 0 bridgehead atoms. The van der Waals surface area contributed by atoms with E-state index in [1.54, 1.807) is 0 Å². The molecule has 0 atom stereocenters. The summed E-state index contributed by atoms with van der Waals surface area (Å²) in [6, 6.07) is 9.09. The molecule has 2 heteroatoms. The summed E-state index contributed by atoms with van der Waals surface area (Å²) in [4.78, 5) is 0. The Bertz CT molecular complexity index is 770. The molecule has 0 fully saturated rings. The summed E-state index contributed by atoms with van der Waals surface area (Å²) < 4.78 is 0. The van der Waals surface area contributed by atoms with Crippen molar-refractivity contribution < 1.29 is 0 Å². The van der Waals surface area contributed by atoms with Gasteiger partial charge >= 0.3 is 0 Å². The molecule has 0 heterocycles. The molecule has 0 unspecified atom stereocenters. The van der Waals surface area contributed by atoms with Crippen LogP contribution in [0.1, 0.15) is 99.6 Å². The Morgan fingerprint density at radius 3 is 1.58 bits per heavy atom. The van der Waals surface area contributed by atoms with Crippen LogP contribution >= 0.6 is 0 Å². The zero-order valence-corrected chi connectivity index (χ0v) is 17.6. The fraction of sp³-hybridized carbons (Fsp3) is 0.500. The van der Waals surface area contributed by atoms with Gasteiger partial charge < -0.3 is 11.5 Å². The number of aryl methyl sites for hydroxylation is 1. The van der Waals surface area contributed by atoms with E-state index in [0.717, 1.165) is 24.2 Å². The van der Waals surface area contributed by atoms with Gasteiger partial charge in [0.15, 0.2) is 0 Å². The van der Waals surface area contributed by atoms with E-state index in [2.05, 4.69) is 72.7 Å². The van der Waals surface area contributed by atoms with Gasteiger partial charge in [0, 0.05) is 17.8 Å². The lowest BCUT2D eigenvalue weighted by atomic mass is 9.87. The molecule has 0 aliphatic carbocycles. The second kappa shape index (κ2) is 8.16. The van der Waals surface area contributed by atoms with Crippen LogP contribution in [0.25, 0.3) is 0 Å². The average molecular weight is 353 g/mol. The molecule has 2 aromatic carbocycles. The fourth-order valence-corrected chi connectivity index (χ4v) is 3.50. The SMILES string of the molecule is CCc1cc(C(C)C)cc(Cc2cc(C(C)C)cc(C(C)C)c2N)c1N. The smallest absolute Gasteiger partial charge is 0.0385 e. The normalized spacial score (nSPS) is 11.8. The van der Waals surface area contributed by atoms with Gasteiger partial charge in [0.05, 0.1) is 0 Å². The van der Waals surface area contributed by atoms with Crippen molar-refractivity contribution in [2.75, 3.05) is 11.5 Å². The van der Waals surface area contributed by atoms with Crippen LogP contribution in [0.2, 0.25) is 0 Å². The van der Waals surface area contributed by atoms with E-state index in [4.69, 9.17) is 11.5 Å². The molecule has 26 heavy (non-hydrogen) atoms. The molecule has 4 N–H and O–H groups in total. The maximum Gasteiger partial charge on any atom is 0.0385 e. The van der Waals surface area contributed by atoms with Crippen molar-refractivity contribution in [3.8, 4) is 0 Å². The highest BCUT2D eigenvalue weighted by Crippen LogP contribution is 2.34. The molecular formula is C24H36N2. The molecule has 0 aliphatic heterocycles. The molecule has 0 spiro atoms. The zero-order chi connectivity index (χ0) is 19.6. The van der Waals surface area contributed by atoms with Crippen LogP contribution in [-0.4, -0.2) is 0 Å². The lowest BCUT2D eigenvalue weighted by Gasteiger charge is -2.20. The minimum absolute atomic E-state index is 0.415. The van der Waals surface area contributed by atoms with Crippen molar-refractivity contribution >= 4 is 11.4 Å². The number of benzene rings is 2. The summed E-state index contributed by atoms with van der Waals surface area (Å²) in [6.45, 7) is 15.5. The van der Waals surface area contributed by atoms with E-state index < -0.39 is 0 Å². The first-order valence-corrected chi connectivity index (χ1v) is 9.98. The van der Waals surface area contributed by atoms with Gasteiger partial charge in [-0.1, -0.05) is 72.7 Å². The number of nitrogens with two attached hydrogens (primary N) is 2. The topological polar surface area (TPSA) is 52.0 Å². The third-order valence-electron chi connectivity index (χ3n) is 5.41. The van der Waals surface area contributed by atoms with Gasteiger partial charge in [-0.2, -0.15) is 0 Å². The Hall–Kier alpha value is -1.96. The third kappa shape index (κ3) is 4.23. The van der Waals surface area contributed by atoms with Crippen LogP contribution in [-0.2, 0) is 12.8 Å². The largest absolute Gasteiger partial charge is 0.398 e. The third-order valence-corrected chi connectivity index (χ3v) is 5.41. The van der Waals surface area contributed by atoms with Crippen LogP contribution in [0.15, 0.2) is 24.3 Å². The first kappa shape index (κ1) is 20.4. The summed E-state index contributed by atoms with van der Waals surface area (Å²) in [5, 5.41) is 0. The van der Waals surface area contributed by atoms with Gasteiger partial charge in [0.2, 0.25) is 0 Å². The molecule has 0 saturated carbocycles. The van der Waals surface area contributed by atoms with Crippen molar-refractivity contribution in [2.45, 2.75) is 79.1 Å². The van der Waals surface area contributed by atoms with Crippen molar-refractivity contribution in [1.29, 1.82) is 0 Å². The molecule has 0 saturated heterocycles. The van der Waals surface area contributed by atoms with Gasteiger partial charge in [-0.05, 0) is 57.6 Å². The maximum atomic E-state index is 6.58. The Morgan fingerprint density at radius 1 is 0.654 bits per heavy atom. The maximum absolute atomic E-state index is 6.58. The van der Waals surface area contributed by atoms with Gasteiger partial charge in [-0.25, -0.2) is 0 Å². The molecule has 2 nitrogen and oxygen atoms in total. The van der Waals surface area contributed by atoms with Crippen molar-refractivity contribution in [1.82, 2.24) is 0 Å². The van der Waals surface area contributed by atoms with Crippen molar-refractivity contribution in [3.05, 3.63) is 57.6 Å². The molecule has 0 amide bonds.